The van der Waals surface area contributed by atoms with Crippen molar-refractivity contribution in [3.63, 3.8) is 0 Å². The highest BCUT2D eigenvalue weighted by atomic mass is 32.1. The van der Waals surface area contributed by atoms with Crippen molar-refractivity contribution in [3.05, 3.63) is 48.3 Å². The lowest BCUT2D eigenvalue weighted by molar-refractivity contribution is 0.102. The Kier molecular flexibility index (Phi) is 5.28. The molecule has 4 aromatic rings. The highest BCUT2D eigenvalue weighted by Crippen LogP contribution is 2.42. The highest BCUT2D eigenvalue weighted by molar-refractivity contribution is 7.22. The number of benzene rings is 1. The van der Waals surface area contributed by atoms with Crippen LogP contribution in [0.5, 0.6) is 0 Å². The van der Waals surface area contributed by atoms with Gasteiger partial charge < -0.3 is 14.8 Å². The SMILES string of the molecule is CC(C)n1cnnc1-c1cccc(NC(=O)c2ccc3nc(N4C5CCCC4CC5)sc3c2)n1. The van der Waals surface area contributed by atoms with Gasteiger partial charge in [-0.2, -0.15) is 0 Å². The minimum atomic E-state index is -0.190. The van der Waals surface area contributed by atoms with E-state index in [1.165, 1.54) is 32.1 Å². The molecule has 9 heteroatoms. The molecule has 2 saturated heterocycles. The van der Waals surface area contributed by atoms with E-state index >= 15 is 0 Å². The largest absolute Gasteiger partial charge is 0.342 e. The Bertz CT molecular complexity index is 1340. The van der Waals surface area contributed by atoms with Crippen molar-refractivity contribution in [2.75, 3.05) is 10.2 Å². The van der Waals surface area contributed by atoms with Crippen LogP contribution in [-0.2, 0) is 0 Å². The molecule has 1 N–H and O–H groups in total. The standard InChI is InChI=1S/C25H27N7OS/c1-15(2)31-14-26-30-23(31)20-7-4-8-22(27-20)29-24(33)16-9-12-19-21(13-16)34-25(28-19)32-17-5-3-6-18(32)11-10-17/h4,7-9,12-15,17-18H,3,5-6,10-11H2,1-2H3,(H,27,29,33). The Morgan fingerprint density at radius 3 is 2.71 bits per heavy atom. The van der Waals surface area contributed by atoms with Crippen LogP contribution in [0.25, 0.3) is 21.7 Å². The summed E-state index contributed by atoms with van der Waals surface area (Å²) in [6.45, 7) is 4.13. The Balaban J connectivity index is 1.23. The van der Waals surface area contributed by atoms with Gasteiger partial charge in [0.25, 0.3) is 5.91 Å². The summed E-state index contributed by atoms with van der Waals surface area (Å²) in [4.78, 5) is 25.1. The van der Waals surface area contributed by atoms with Gasteiger partial charge in [-0.3, -0.25) is 4.79 Å². The van der Waals surface area contributed by atoms with E-state index in [4.69, 9.17) is 4.98 Å². The fourth-order valence-corrected chi connectivity index (χ4v) is 6.36. The summed E-state index contributed by atoms with van der Waals surface area (Å²) in [5.41, 5.74) is 2.22. The van der Waals surface area contributed by atoms with Crippen molar-refractivity contribution >= 4 is 38.4 Å². The molecule has 1 aromatic carbocycles. The first kappa shape index (κ1) is 21.2. The molecule has 3 aromatic heterocycles. The van der Waals surface area contributed by atoms with Crippen molar-refractivity contribution < 1.29 is 4.79 Å². The molecule has 0 radical (unpaired) electrons. The molecular weight excluding hydrogens is 446 g/mol. The maximum Gasteiger partial charge on any atom is 0.256 e. The first-order chi connectivity index (χ1) is 16.6. The number of amides is 1. The third-order valence-electron chi connectivity index (χ3n) is 6.90. The summed E-state index contributed by atoms with van der Waals surface area (Å²) in [7, 11) is 0. The zero-order valence-corrected chi connectivity index (χ0v) is 20.1. The smallest absolute Gasteiger partial charge is 0.256 e. The maximum absolute atomic E-state index is 13.0. The number of carbonyl (C=O) groups is 1. The number of nitrogens with zero attached hydrogens (tertiary/aromatic N) is 6. The third kappa shape index (κ3) is 3.73. The van der Waals surface area contributed by atoms with Gasteiger partial charge in [-0.05, 0) is 76.3 Å². The lowest BCUT2D eigenvalue weighted by Gasteiger charge is -2.34. The van der Waals surface area contributed by atoms with E-state index in [2.05, 4.69) is 39.2 Å². The van der Waals surface area contributed by atoms with Gasteiger partial charge in [0.15, 0.2) is 11.0 Å². The van der Waals surface area contributed by atoms with E-state index in [0.29, 0.717) is 35.0 Å². The van der Waals surface area contributed by atoms with Crippen molar-refractivity contribution in [3.8, 4) is 11.5 Å². The zero-order valence-electron chi connectivity index (χ0n) is 19.3. The first-order valence-electron chi connectivity index (χ1n) is 11.9. The van der Waals surface area contributed by atoms with Crippen LogP contribution < -0.4 is 10.2 Å². The fourth-order valence-electron chi connectivity index (χ4n) is 5.21. The average molecular weight is 474 g/mol. The van der Waals surface area contributed by atoms with Crippen LogP contribution in [0.3, 0.4) is 0 Å². The van der Waals surface area contributed by atoms with Crippen LogP contribution in [0.15, 0.2) is 42.7 Å². The van der Waals surface area contributed by atoms with Crippen LogP contribution in [0, 0.1) is 0 Å². The minimum absolute atomic E-state index is 0.190. The van der Waals surface area contributed by atoms with Crippen molar-refractivity contribution in [1.82, 2.24) is 24.7 Å². The molecular formula is C25H27N7OS. The van der Waals surface area contributed by atoms with E-state index in [1.807, 2.05) is 34.9 Å². The molecule has 0 saturated carbocycles. The van der Waals surface area contributed by atoms with Crippen LogP contribution in [0.2, 0.25) is 0 Å². The molecule has 2 fully saturated rings. The number of nitrogens with one attached hydrogen (secondary N) is 1. The van der Waals surface area contributed by atoms with Gasteiger partial charge in [0.2, 0.25) is 0 Å². The highest BCUT2D eigenvalue weighted by Gasteiger charge is 2.38. The summed E-state index contributed by atoms with van der Waals surface area (Å²) in [6, 6.07) is 12.7. The molecule has 0 aliphatic carbocycles. The molecule has 174 valence electrons. The number of carbonyl (C=O) groups excluding carboxylic acids is 1. The summed E-state index contributed by atoms with van der Waals surface area (Å²) >= 11 is 1.70. The van der Waals surface area contributed by atoms with Gasteiger partial charge in [0.1, 0.15) is 17.8 Å². The lowest BCUT2D eigenvalue weighted by Crippen LogP contribution is -2.39. The fraction of sp³-hybridized carbons (Fsp3) is 0.400. The summed E-state index contributed by atoms with van der Waals surface area (Å²) in [5.74, 6) is 0.969. The van der Waals surface area contributed by atoms with Crippen molar-refractivity contribution in [1.29, 1.82) is 0 Å². The van der Waals surface area contributed by atoms with Gasteiger partial charge in [0.05, 0.1) is 10.2 Å². The van der Waals surface area contributed by atoms with Gasteiger partial charge in [-0.25, -0.2) is 9.97 Å². The van der Waals surface area contributed by atoms with Gasteiger partial charge in [-0.1, -0.05) is 17.4 Å². The second kappa shape index (κ2) is 8.47. The second-order valence-electron chi connectivity index (χ2n) is 9.42. The number of thiazole rings is 1. The van der Waals surface area contributed by atoms with Crippen LogP contribution in [-0.4, -0.2) is 42.7 Å². The number of hydrogen-bond donors (Lipinski definition) is 1. The number of piperidine rings is 1. The molecule has 6 rings (SSSR count). The van der Waals surface area contributed by atoms with E-state index in [1.54, 1.807) is 23.7 Å². The number of anilines is 2. The molecule has 2 aliphatic rings. The molecule has 2 unspecified atom stereocenters. The number of fused-ring (bicyclic) bond motifs is 3. The quantitative estimate of drug-likeness (QED) is 0.423. The molecule has 2 atom stereocenters. The van der Waals surface area contributed by atoms with Crippen molar-refractivity contribution in [2.24, 2.45) is 0 Å². The Labute approximate surface area is 202 Å². The predicted octanol–water partition coefficient (Wildman–Crippen LogP) is 5.30. The van der Waals surface area contributed by atoms with Crippen LogP contribution in [0.4, 0.5) is 10.9 Å². The molecule has 5 heterocycles. The Morgan fingerprint density at radius 2 is 1.91 bits per heavy atom. The average Bonchev–Trinajstić information content (AvgIpc) is 3.54. The summed E-state index contributed by atoms with van der Waals surface area (Å²) in [5, 5.41) is 12.3. The normalized spacial score (nSPS) is 19.8. The summed E-state index contributed by atoms with van der Waals surface area (Å²) in [6.07, 6.45) is 8.09. The number of pyridine rings is 1. The van der Waals surface area contributed by atoms with E-state index in [-0.39, 0.29) is 11.9 Å². The lowest BCUT2D eigenvalue weighted by atomic mass is 10.0. The zero-order chi connectivity index (χ0) is 23.2. The van der Waals surface area contributed by atoms with E-state index in [9.17, 15) is 4.79 Å². The Morgan fingerprint density at radius 1 is 1.09 bits per heavy atom. The molecule has 8 nitrogen and oxygen atoms in total. The number of hydrogen-bond acceptors (Lipinski definition) is 7. The van der Waals surface area contributed by atoms with E-state index in [0.717, 1.165) is 15.3 Å². The van der Waals surface area contributed by atoms with Crippen LogP contribution >= 0.6 is 11.3 Å². The number of aromatic nitrogens is 5. The topological polar surface area (TPSA) is 88.8 Å². The second-order valence-corrected chi connectivity index (χ2v) is 10.4. The molecule has 0 spiro atoms. The predicted molar refractivity (Wildman–Crippen MR) is 134 cm³/mol. The van der Waals surface area contributed by atoms with Gasteiger partial charge in [-0.15, -0.1) is 10.2 Å². The first-order valence-corrected chi connectivity index (χ1v) is 12.8. The monoisotopic (exact) mass is 473 g/mol. The minimum Gasteiger partial charge on any atom is -0.342 e. The maximum atomic E-state index is 13.0. The Hall–Kier alpha value is -3.33. The number of rotatable bonds is 5. The van der Waals surface area contributed by atoms with Crippen LogP contribution in [0.1, 0.15) is 62.4 Å². The van der Waals surface area contributed by atoms with E-state index < -0.39 is 0 Å². The molecule has 1 amide bonds. The van der Waals surface area contributed by atoms with Gasteiger partial charge in [0, 0.05) is 23.7 Å². The van der Waals surface area contributed by atoms with Gasteiger partial charge >= 0.3 is 0 Å². The molecule has 2 aliphatic heterocycles. The molecule has 34 heavy (non-hydrogen) atoms. The summed E-state index contributed by atoms with van der Waals surface area (Å²) < 4.78 is 3.00. The third-order valence-corrected chi connectivity index (χ3v) is 7.94. The van der Waals surface area contributed by atoms with Crippen molar-refractivity contribution in [2.45, 2.75) is 64.1 Å². The molecule has 2 bridgehead atoms.